The molecule has 3 nitrogen and oxygen atoms in total. The minimum atomic E-state index is -0.854. The molecule has 0 saturated heterocycles. The topological polar surface area (TPSA) is 43.4 Å². The number of esters is 1. The molecule has 2 aliphatic carbocycles. The van der Waals surface area contributed by atoms with Crippen LogP contribution in [0.15, 0.2) is 9.66 Å². The van der Waals surface area contributed by atoms with E-state index in [1.54, 1.807) is 6.92 Å². The molecule has 0 radical (unpaired) electrons. The van der Waals surface area contributed by atoms with Gasteiger partial charge in [0.15, 0.2) is 5.78 Å². The first kappa shape index (κ1) is 12.1. The Kier molecular flexibility index (Phi) is 3.37. The lowest BCUT2D eigenvalue weighted by atomic mass is 9.64. The number of ketones is 1. The molecule has 1 fully saturated rings. The van der Waals surface area contributed by atoms with Crippen molar-refractivity contribution in [2.24, 2.45) is 11.3 Å². The number of Topliss-reactive ketones (excluding diaryl/α,β-unsaturated/α-hetero) is 1. The predicted molar refractivity (Wildman–Crippen MR) is 68.1 cm³/mol. The molecule has 2 atom stereocenters. The van der Waals surface area contributed by atoms with E-state index in [1.165, 1.54) is 0 Å². The molecule has 4 heteroatoms. The minimum absolute atomic E-state index is 0.0486. The quantitative estimate of drug-likeness (QED) is 0.443. The number of carbonyl (C=O) groups excluding carboxylic acids is 2. The summed E-state index contributed by atoms with van der Waals surface area (Å²) in [6, 6.07) is 0. The number of rotatable bonds is 2. The lowest BCUT2D eigenvalue weighted by Crippen LogP contribution is -2.48. The lowest BCUT2D eigenvalue weighted by molar-refractivity contribution is -0.163. The van der Waals surface area contributed by atoms with Gasteiger partial charge in [0.1, 0.15) is 5.41 Å². The van der Waals surface area contributed by atoms with E-state index in [0.717, 1.165) is 16.4 Å². The summed E-state index contributed by atoms with van der Waals surface area (Å²) in [5.41, 5.74) is -0.854. The van der Waals surface area contributed by atoms with Gasteiger partial charge >= 0.3 is 5.97 Å². The van der Waals surface area contributed by atoms with Crippen molar-refractivity contribution >= 4 is 34.3 Å². The maximum absolute atomic E-state index is 12.3. The van der Waals surface area contributed by atoms with Crippen LogP contribution in [-0.4, -0.2) is 18.4 Å². The van der Waals surface area contributed by atoms with Crippen LogP contribution in [0.4, 0.5) is 0 Å². The maximum Gasteiger partial charge on any atom is 0.319 e. The molecular formula is C12H15IO3. The second-order valence-corrected chi connectivity index (χ2v) is 5.65. The van der Waals surface area contributed by atoms with Crippen molar-refractivity contribution in [2.45, 2.75) is 32.6 Å². The number of ether oxygens (including phenoxy) is 1. The summed E-state index contributed by atoms with van der Waals surface area (Å²) >= 11 is 2.22. The fourth-order valence-corrected chi connectivity index (χ4v) is 3.45. The molecule has 0 aliphatic heterocycles. The number of allylic oxidation sites excluding steroid dienone is 2. The molecule has 16 heavy (non-hydrogen) atoms. The SMILES string of the molecule is CCOC(=O)[C@@]12CC=C(I)[C@@H](CCC1)C2=O. The zero-order chi connectivity index (χ0) is 11.8. The van der Waals surface area contributed by atoms with Gasteiger partial charge in [0.2, 0.25) is 0 Å². The van der Waals surface area contributed by atoms with Gasteiger partial charge in [0.05, 0.1) is 6.61 Å². The van der Waals surface area contributed by atoms with Gasteiger partial charge in [-0.3, -0.25) is 9.59 Å². The van der Waals surface area contributed by atoms with Gasteiger partial charge in [-0.25, -0.2) is 0 Å². The molecule has 2 bridgehead atoms. The van der Waals surface area contributed by atoms with Crippen LogP contribution in [0.2, 0.25) is 0 Å². The Morgan fingerprint density at radius 1 is 1.69 bits per heavy atom. The number of halogens is 1. The second kappa shape index (κ2) is 4.47. The molecule has 88 valence electrons. The van der Waals surface area contributed by atoms with Gasteiger partial charge in [-0.05, 0) is 52.4 Å². The maximum atomic E-state index is 12.3. The molecular weight excluding hydrogens is 319 g/mol. The largest absolute Gasteiger partial charge is 0.465 e. The highest BCUT2D eigenvalue weighted by Crippen LogP contribution is 2.48. The van der Waals surface area contributed by atoms with Crippen LogP contribution < -0.4 is 0 Å². The number of carbonyl (C=O) groups is 2. The van der Waals surface area contributed by atoms with E-state index in [-0.39, 0.29) is 17.7 Å². The standard InChI is InChI=1S/C12H15IO3/c1-2-16-11(15)12-6-3-4-8(10(12)14)9(13)5-7-12/h5,8H,2-4,6-7H2,1H3/t8-,12-/m1/s1. The molecule has 1 saturated carbocycles. The molecule has 0 unspecified atom stereocenters. The summed E-state index contributed by atoms with van der Waals surface area (Å²) < 4.78 is 6.17. The van der Waals surface area contributed by atoms with Crippen molar-refractivity contribution in [3.05, 3.63) is 9.66 Å². The number of hydrogen-bond acceptors (Lipinski definition) is 3. The van der Waals surface area contributed by atoms with Crippen molar-refractivity contribution in [3.63, 3.8) is 0 Å². The van der Waals surface area contributed by atoms with E-state index in [0.29, 0.717) is 19.4 Å². The van der Waals surface area contributed by atoms with E-state index >= 15 is 0 Å². The summed E-state index contributed by atoms with van der Waals surface area (Å²) in [5.74, 6) is -0.276. The van der Waals surface area contributed by atoms with Gasteiger partial charge in [0.25, 0.3) is 0 Å². The summed E-state index contributed by atoms with van der Waals surface area (Å²) in [4.78, 5) is 24.3. The molecule has 0 aromatic carbocycles. The summed E-state index contributed by atoms with van der Waals surface area (Å²) in [7, 11) is 0. The van der Waals surface area contributed by atoms with Gasteiger partial charge in [0, 0.05) is 5.92 Å². The first-order chi connectivity index (χ1) is 7.62. The minimum Gasteiger partial charge on any atom is -0.465 e. The monoisotopic (exact) mass is 334 g/mol. The zero-order valence-corrected chi connectivity index (χ0v) is 11.5. The molecule has 2 aliphatic rings. The summed E-state index contributed by atoms with van der Waals surface area (Å²) in [5, 5.41) is 0. The van der Waals surface area contributed by atoms with E-state index < -0.39 is 5.41 Å². The molecule has 2 rings (SSSR count). The van der Waals surface area contributed by atoms with Crippen LogP contribution in [0.1, 0.15) is 32.6 Å². The fraction of sp³-hybridized carbons (Fsp3) is 0.667. The first-order valence-corrected chi connectivity index (χ1v) is 6.77. The van der Waals surface area contributed by atoms with Gasteiger partial charge < -0.3 is 4.74 Å². The van der Waals surface area contributed by atoms with E-state index in [1.807, 2.05) is 6.08 Å². The smallest absolute Gasteiger partial charge is 0.319 e. The highest BCUT2D eigenvalue weighted by atomic mass is 127. The number of fused-ring (bicyclic) bond motifs is 2. The third-order valence-corrected chi connectivity index (χ3v) is 4.72. The third kappa shape index (κ3) is 1.71. The summed E-state index contributed by atoms with van der Waals surface area (Å²) in [6.07, 6.45) is 5.04. The Morgan fingerprint density at radius 2 is 2.44 bits per heavy atom. The highest BCUT2D eigenvalue weighted by molar-refractivity contribution is 14.1. The lowest BCUT2D eigenvalue weighted by Gasteiger charge is -2.39. The average molecular weight is 334 g/mol. The van der Waals surface area contributed by atoms with Gasteiger partial charge in [-0.1, -0.05) is 12.5 Å². The second-order valence-electron chi connectivity index (χ2n) is 4.40. The van der Waals surface area contributed by atoms with Crippen LogP contribution in [0, 0.1) is 11.3 Å². The van der Waals surface area contributed by atoms with Crippen molar-refractivity contribution in [2.75, 3.05) is 6.61 Å². The number of hydrogen-bond donors (Lipinski definition) is 0. The molecule has 0 amide bonds. The molecule has 0 spiro atoms. The fourth-order valence-electron chi connectivity index (χ4n) is 2.63. The summed E-state index contributed by atoms with van der Waals surface area (Å²) in [6.45, 7) is 2.13. The van der Waals surface area contributed by atoms with Crippen LogP contribution in [0.3, 0.4) is 0 Å². The van der Waals surface area contributed by atoms with Crippen molar-refractivity contribution in [1.29, 1.82) is 0 Å². The Balaban J connectivity index is 2.33. The average Bonchev–Trinajstić information content (AvgIpc) is 2.25. The Morgan fingerprint density at radius 3 is 3.12 bits per heavy atom. The van der Waals surface area contributed by atoms with Crippen molar-refractivity contribution < 1.29 is 14.3 Å². The third-order valence-electron chi connectivity index (χ3n) is 3.53. The van der Waals surface area contributed by atoms with Crippen LogP contribution in [-0.2, 0) is 14.3 Å². The van der Waals surface area contributed by atoms with Crippen molar-refractivity contribution in [3.8, 4) is 0 Å². The molecule has 0 aromatic rings. The molecule has 0 N–H and O–H groups in total. The van der Waals surface area contributed by atoms with E-state index in [2.05, 4.69) is 22.6 Å². The van der Waals surface area contributed by atoms with Gasteiger partial charge in [-0.2, -0.15) is 0 Å². The normalized spacial score (nSPS) is 33.2. The first-order valence-electron chi connectivity index (χ1n) is 5.69. The van der Waals surface area contributed by atoms with Gasteiger partial charge in [-0.15, -0.1) is 0 Å². The Bertz CT molecular complexity index is 361. The van der Waals surface area contributed by atoms with Crippen LogP contribution in [0.25, 0.3) is 0 Å². The van der Waals surface area contributed by atoms with Crippen molar-refractivity contribution in [1.82, 2.24) is 0 Å². The highest BCUT2D eigenvalue weighted by Gasteiger charge is 2.53. The van der Waals surface area contributed by atoms with Crippen LogP contribution in [0.5, 0.6) is 0 Å². The van der Waals surface area contributed by atoms with Crippen LogP contribution >= 0.6 is 22.6 Å². The van der Waals surface area contributed by atoms with E-state index in [4.69, 9.17) is 4.74 Å². The zero-order valence-electron chi connectivity index (χ0n) is 9.29. The Labute approximate surface area is 109 Å². The predicted octanol–water partition coefficient (Wildman–Crippen LogP) is 2.63. The van der Waals surface area contributed by atoms with E-state index in [9.17, 15) is 9.59 Å². The molecule has 0 aromatic heterocycles. The Hall–Kier alpha value is -0.390. The molecule has 0 heterocycles.